The van der Waals surface area contributed by atoms with E-state index in [1.54, 1.807) is 6.92 Å². The van der Waals surface area contributed by atoms with Crippen LogP contribution in [0.3, 0.4) is 0 Å². The Hall–Kier alpha value is -0.180. The summed E-state index contributed by atoms with van der Waals surface area (Å²) in [5.41, 5.74) is 0. The van der Waals surface area contributed by atoms with Gasteiger partial charge in [0.2, 0.25) is 0 Å². The number of rotatable bonds is 0. The van der Waals surface area contributed by atoms with Crippen LogP contribution >= 0.6 is 0 Å². The molecule has 0 aromatic carbocycles. The lowest BCUT2D eigenvalue weighted by Crippen LogP contribution is -2.50. The number of halogens is 2. The Morgan fingerprint density at radius 2 is 1.91 bits per heavy atom. The fourth-order valence-electron chi connectivity index (χ4n) is 1.49. The summed E-state index contributed by atoms with van der Waals surface area (Å²) in [7, 11) is 1.90. The predicted molar refractivity (Wildman–Crippen MR) is 40.8 cm³/mol. The Morgan fingerprint density at radius 3 is 2.36 bits per heavy atom. The quantitative estimate of drug-likeness (QED) is 0.528. The number of hydrogen-bond donors (Lipinski definition) is 0. The van der Waals surface area contributed by atoms with E-state index in [-0.39, 0.29) is 12.5 Å². The molecular formula is C8H15F2N. The van der Waals surface area contributed by atoms with Gasteiger partial charge in [-0.15, -0.1) is 0 Å². The molecule has 0 saturated carbocycles. The lowest BCUT2D eigenvalue weighted by Gasteiger charge is -2.40. The van der Waals surface area contributed by atoms with E-state index in [0.717, 1.165) is 0 Å². The summed E-state index contributed by atoms with van der Waals surface area (Å²) in [6.07, 6.45) is 0.00894. The smallest absolute Gasteiger partial charge is 0.253 e. The molecule has 0 amide bonds. The summed E-state index contributed by atoms with van der Waals surface area (Å²) in [5.74, 6) is -2.97. The average molecular weight is 163 g/mol. The van der Waals surface area contributed by atoms with Crippen molar-refractivity contribution in [2.45, 2.75) is 32.2 Å². The fraction of sp³-hybridized carbons (Fsp3) is 1.00. The molecule has 1 rings (SSSR count). The summed E-state index contributed by atoms with van der Waals surface area (Å²) in [6, 6.07) is -0.00116. The third-order valence-electron chi connectivity index (χ3n) is 2.88. The van der Waals surface area contributed by atoms with Crippen LogP contribution in [0.4, 0.5) is 8.78 Å². The van der Waals surface area contributed by atoms with Gasteiger partial charge in [-0.25, -0.2) is 8.78 Å². The van der Waals surface area contributed by atoms with Crippen LogP contribution in [0.1, 0.15) is 20.3 Å². The van der Waals surface area contributed by atoms with Gasteiger partial charge in [-0.2, -0.15) is 0 Å². The third-order valence-corrected chi connectivity index (χ3v) is 2.88. The second-order valence-electron chi connectivity index (χ2n) is 3.52. The molecule has 66 valence electrons. The van der Waals surface area contributed by atoms with Crippen molar-refractivity contribution in [3.63, 3.8) is 0 Å². The topological polar surface area (TPSA) is 3.24 Å². The first-order chi connectivity index (χ1) is 4.95. The van der Waals surface area contributed by atoms with Crippen LogP contribution in [0.15, 0.2) is 0 Å². The van der Waals surface area contributed by atoms with Gasteiger partial charge in [0.05, 0.1) is 0 Å². The first kappa shape index (κ1) is 8.91. The number of nitrogens with zero attached hydrogens (tertiary/aromatic N) is 1. The summed E-state index contributed by atoms with van der Waals surface area (Å²) in [5, 5.41) is 0. The highest BCUT2D eigenvalue weighted by Crippen LogP contribution is 2.36. The standard InChI is InChI=1S/C8H15F2N/c1-6-7(2)11(3)5-4-8(6,9)10/h6-7H,4-5H2,1-3H3/t6-,7?/m0/s1. The van der Waals surface area contributed by atoms with Crippen LogP contribution in [-0.4, -0.2) is 30.5 Å². The maximum atomic E-state index is 13.0. The summed E-state index contributed by atoms with van der Waals surface area (Å²) < 4.78 is 26.0. The van der Waals surface area contributed by atoms with Gasteiger partial charge in [0.25, 0.3) is 5.92 Å². The molecule has 3 heteroatoms. The Morgan fingerprint density at radius 1 is 1.36 bits per heavy atom. The van der Waals surface area contributed by atoms with Gasteiger partial charge in [0, 0.05) is 24.9 Å². The van der Waals surface area contributed by atoms with E-state index in [9.17, 15) is 8.78 Å². The fourth-order valence-corrected chi connectivity index (χ4v) is 1.49. The summed E-state index contributed by atoms with van der Waals surface area (Å²) in [6.45, 7) is 4.00. The first-order valence-electron chi connectivity index (χ1n) is 4.03. The number of hydrogen-bond acceptors (Lipinski definition) is 1. The minimum atomic E-state index is -2.45. The monoisotopic (exact) mass is 163 g/mol. The van der Waals surface area contributed by atoms with Crippen molar-refractivity contribution in [2.24, 2.45) is 5.92 Å². The predicted octanol–water partition coefficient (Wildman–Crippen LogP) is 1.98. The van der Waals surface area contributed by atoms with Crippen molar-refractivity contribution >= 4 is 0 Å². The van der Waals surface area contributed by atoms with Crippen LogP contribution in [0.2, 0.25) is 0 Å². The van der Waals surface area contributed by atoms with Crippen LogP contribution in [-0.2, 0) is 0 Å². The molecule has 1 aliphatic rings. The Bertz CT molecular complexity index is 147. The van der Waals surface area contributed by atoms with Gasteiger partial charge in [-0.1, -0.05) is 6.92 Å². The van der Waals surface area contributed by atoms with Gasteiger partial charge >= 0.3 is 0 Å². The molecule has 1 heterocycles. The second kappa shape index (κ2) is 2.70. The molecule has 0 aromatic heterocycles. The molecule has 1 saturated heterocycles. The van der Waals surface area contributed by atoms with E-state index >= 15 is 0 Å². The lowest BCUT2D eigenvalue weighted by atomic mass is 9.89. The molecule has 1 fully saturated rings. The molecule has 1 nitrogen and oxygen atoms in total. The van der Waals surface area contributed by atoms with Gasteiger partial charge < -0.3 is 4.90 Å². The molecule has 1 unspecified atom stereocenters. The zero-order valence-corrected chi connectivity index (χ0v) is 7.27. The lowest BCUT2D eigenvalue weighted by molar-refractivity contribution is -0.115. The van der Waals surface area contributed by atoms with Gasteiger partial charge in [-0.05, 0) is 14.0 Å². The van der Waals surface area contributed by atoms with Crippen molar-refractivity contribution in [3.05, 3.63) is 0 Å². The van der Waals surface area contributed by atoms with Gasteiger partial charge in [-0.3, -0.25) is 0 Å². The van der Waals surface area contributed by atoms with E-state index < -0.39 is 11.8 Å². The van der Waals surface area contributed by atoms with Gasteiger partial charge in [0.15, 0.2) is 0 Å². The van der Waals surface area contributed by atoms with Crippen molar-refractivity contribution in [3.8, 4) is 0 Å². The molecule has 0 bridgehead atoms. The van der Waals surface area contributed by atoms with Crippen molar-refractivity contribution in [1.29, 1.82) is 0 Å². The molecular weight excluding hydrogens is 148 g/mol. The van der Waals surface area contributed by atoms with E-state index in [4.69, 9.17) is 0 Å². The van der Waals surface area contributed by atoms with Crippen LogP contribution in [0.25, 0.3) is 0 Å². The molecule has 0 N–H and O–H groups in total. The van der Waals surface area contributed by atoms with Gasteiger partial charge in [0.1, 0.15) is 0 Å². The highest BCUT2D eigenvalue weighted by molar-refractivity contribution is 4.87. The largest absolute Gasteiger partial charge is 0.303 e. The molecule has 2 atom stereocenters. The molecule has 0 radical (unpaired) electrons. The molecule has 0 aliphatic carbocycles. The van der Waals surface area contributed by atoms with Crippen LogP contribution in [0, 0.1) is 5.92 Å². The third kappa shape index (κ3) is 1.53. The molecule has 1 aliphatic heterocycles. The second-order valence-corrected chi connectivity index (χ2v) is 3.52. The zero-order chi connectivity index (χ0) is 8.65. The highest BCUT2D eigenvalue weighted by atomic mass is 19.3. The van der Waals surface area contributed by atoms with E-state index in [1.165, 1.54) is 0 Å². The highest BCUT2D eigenvalue weighted by Gasteiger charge is 2.44. The van der Waals surface area contributed by atoms with Crippen molar-refractivity contribution in [2.75, 3.05) is 13.6 Å². The van der Waals surface area contributed by atoms with E-state index in [0.29, 0.717) is 6.54 Å². The van der Waals surface area contributed by atoms with Crippen molar-refractivity contribution in [1.82, 2.24) is 4.90 Å². The molecule has 0 aromatic rings. The van der Waals surface area contributed by atoms with E-state index in [2.05, 4.69) is 0 Å². The molecule has 0 spiro atoms. The van der Waals surface area contributed by atoms with Crippen LogP contribution in [0.5, 0.6) is 0 Å². The number of likely N-dealkylation sites (tertiary alicyclic amines) is 1. The maximum Gasteiger partial charge on any atom is 0.253 e. The number of piperidine rings is 1. The molecule has 11 heavy (non-hydrogen) atoms. The summed E-state index contributed by atoms with van der Waals surface area (Å²) >= 11 is 0. The minimum Gasteiger partial charge on any atom is -0.303 e. The Labute approximate surface area is 66.4 Å². The Kier molecular flexibility index (Phi) is 2.19. The zero-order valence-electron chi connectivity index (χ0n) is 7.27. The number of alkyl halides is 2. The minimum absolute atomic E-state index is 0.00116. The first-order valence-corrected chi connectivity index (χ1v) is 4.03. The Balaban J connectivity index is 2.67. The summed E-state index contributed by atoms with van der Waals surface area (Å²) in [4.78, 5) is 1.99. The van der Waals surface area contributed by atoms with E-state index in [1.807, 2.05) is 18.9 Å². The van der Waals surface area contributed by atoms with Crippen molar-refractivity contribution < 1.29 is 8.78 Å². The SMILES string of the molecule is CC1[C@H](C)C(F)(F)CCN1C. The normalized spacial score (nSPS) is 39.0. The maximum absolute atomic E-state index is 13.0. The average Bonchev–Trinajstić information content (AvgIpc) is 1.95. The van der Waals surface area contributed by atoms with Crippen LogP contribution < -0.4 is 0 Å².